The van der Waals surface area contributed by atoms with Crippen LogP contribution in [-0.2, 0) is 16.1 Å². The van der Waals surface area contributed by atoms with Crippen LogP contribution in [0.5, 0.6) is 0 Å². The first-order valence-corrected chi connectivity index (χ1v) is 9.59. The zero-order chi connectivity index (χ0) is 19.9. The minimum atomic E-state index is -0.557. The van der Waals surface area contributed by atoms with Crippen molar-refractivity contribution in [2.24, 2.45) is 0 Å². The summed E-state index contributed by atoms with van der Waals surface area (Å²) >= 11 is 0. The Labute approximate surface area is 164 Å². The highest BCUT2D eigenvalue weighted by atomic mass is 19.1. The molecule has 2 aromatic rings. The summed E-state index contributed by atoms with van der Waals surface area (Å²) in [5, 5.41) is 0. The highest BCUT2D eigenvalue weighted by Gasteiger charge is 2.26. The third-order valence-electron chi connectivity index (χ3n) is 5.08. The van der Waals surface area contributed by atoms with Gasteiger partial charge in [0.05, 0.1) is 5.56 Å². The Morgan fingerprint density at radius 1 is 1.00 bits per heavy atom. The second kappa shape index (κ2) is 9.35. The minimum Gasteiger partial charge on any atom is -0.452 e. The summed E-state index contributed by atoms with van der Waals surface area (Å²) < 4.78 is 18.4. The van der Waals surface area contributed by atoms with Crippen LogP contribution in [0.3, 0.4) is 0 Å². The quantitative estimate of drug-likeness (QED) is 0.605. The second-order valence-electron chi connectivity index (χ2n) is 7.14. The van der Waals surface area contributed by atoms with Crippen LogP contribution in [0.15, 0.2) is 48.5 Å². The molecule has 0 atom stereocenters. The molecule has 0 heterocycles. The van der Waals surface area contributed by atoms with Gasteiger partial charge in [0.15, 0.2) is 6.61 Å². The number of benzene rings is 2. The van der Waals surface area contributed by atoms with Gasteiger partial charge in [0.25, 0.3) is 5.91 Å². The van der Waals surface area contributed by atoms with Crippen LogP contribution in [0.2, 0.25) is 0 Å². The number of carbonyl (C=O) groups is 2. The van der Waals surface area contributed by atoms with Gasteiger partial charge in [-0.15, -0.1) is 0 Å². The minimum absolute atomic E-state index is 0.113. The molecule has 0 spiro atoms. The molecule has 5 nitrogen and oxygen atoms in total. The van der Waals surface area contributed by atoms with E-state index < -0.39 is 5.97 Å². The Kier molecular flexibility index (Phi) is 6.63. The standard InChI is InChI=1S/C22H25FN2O3/c23-18-10-6-16(7-11-18)14-25(20-4-2-1-3-5-20)21(26)15-28-22(27)17-8-12-19(24)13-9-17/h6-13,20H,1-5,14-15,24H2. The lowest BCUT2D eigenvalue weighted by molar-refractivity contribution is -0.138. The summed E-state index contributed by atoms with van der Waals surface area (Å²) in [6.45, 7) is 0.0596. The van der Waals surface area contributed by atoms with Gasteiger partial charge in [0.2, 0.25) is 0 Å². The van der Waals surface area contributed by atoms with E-state index in [2.05, 4.69) is 0 Å². The Bertz CT molecular complexity index is 800. The zero-order valence-corrected chi connectivity index (χ0v) is 15.8. The van der Waals surface area contributed by atoms with Gasteiger partial charge in [-0.3, -0.25) is 4.79 Å². The Balaban J connectivity index is 1.65. The van der Waals surface area contributed by atoms with Gasteiger partial charge in [0, 0.05) is 18.3 Å². The molecule has 0 unspecified atom stereocenters. The van der Waals surface area contributed by atoms with E-state index in [1.165, 1.54) is 18.6 Å². The predicted octanol–water partition coefficient (Wildman–Crippen LogP) is 3.93. The van der Waals surface area contributed by atoms with Crippen molar-refractivity contribution in [2.45, 2.75) is 44.7 Å². The fourth-order valence-corrected chi connectivity index (χ4v) is 3.51. The van der Waals surface area contributed by atoms with E-state index in [1.54, 1.807) is 41.3 Å². The summed E-state index contributed by atoms with van der Waals surface area (Å²) in [7, 11) is 0. The molecule has 0 aromatic heterocycles. The van der Waals surface area contributed by atoms with E-state index >= 15 is 0 Å². The first-order chi connectivity index (χ1) is 13.5. The summed E-state index contributed by atoms with van der Waals surface area (Å²) in [6, 6.07) is 12.6. The van der Waals surface area contributed by atoms with Gasteiger partial charge in [-0.2, -0.15) is 0 Å². The van der Waals surface area contributed by atoms with Crippen molar-refractivity contribution in [3.63, 3.8) is 0 Å². The monoisotopic (exact) mass is 384 g/mol. The van der Waals surface area contributed by atoms with E-state index in [0.717, 1.165) is 31.2 Å². The third kappa shape index (κ3) is 5.31. The fourth-order valence-electron chi connectivity index (χ4n) is 3.51. The SMILES string of the molecule is Nc1ccc(C(=O)OCC(=O)N(Cc2ccc(F)cc2)C2CCCCC2)cc1. The van der Waals surface area contributed by atoms with Crippen molar-refractivity contribution < 1.29 is 18.7 Å². The highest BCUT2D eigenvalue weighted by Crippen LogP contribution is 2.24. The van der Waals surface area contributed by atoms with Crippen molar-refractivity contribution >= 4 is 17.6 Å². The number of anilines is 1. The number of ether oxygens (including phenoxy) is 1. The maximum absolute atomic E-state index is 13.2. The van der Waals surface area contributed by atoms with Crippen molar-refractivity contribution in [1.82, 2.24) is 4.90 Å². The van der Waals surface area contributed by atoms with Crippen molar-refractivity contribution in [3.8, 4) is 0 Å². The summed E-state index contributed by atoms with van der Waals surface area (Å²) in [4.78, 5) is 26.8. The molecule has 1 amide bonds. The molecule has 148 valence electrons. The Morgan fingerprint density at radius 3 is 2.29 bits per heavy atom. The fraction of sp³-hybridized carbons (Fsp3) is 0.364. The number of hydrogen-bond acceptors (Lipinski definition) is 4. The first kappa shape index (κ1) is 19.9. The molecule has 28 heavy (non-hydrogen) atoms. The number of nitrogens with zero attached hydrogens (tertiary/aromatic N) is 1. The summed E-state index contributed by atoms with van der Waals surface area (Å²) in [5.41, 5.74) is 7.37. The highest BCUT2D eigenvalue weighted by molar-refractivity contribution is 5.91. The summed E-state index contributed by atoms with van der Waals surface area (Å²) in [5.74, 6) is -1.10. The maximum atomic E-state index is 13.2. The first-order valence-electron chi connectivity index (χ1n) is 9.59. The molecule has 2 N–H and O–H groups in total. The van der Waals surface area contributed by atoms with Crippen LogP contribution in [0.4, 0.5) is 10.1 Å². The predicted molar refractivity (Wildman–Crippen MR) is 105 cm³/mol. The largest absolute Gasteiger partial charge is 0.452 e. The van der Waals surface area contributed by atoms with Crippen LogP contribution < -0.4 is 5.73 Å². The molecule has 1 saturated carbocycles. The van der Waals surface area contributed by atoms with Crippen LogP contribution in [0, 0.1) is 5.82 Å². The molecule has 6 heteroatoms. The van der Waals surface area contributed by atoms with Crippen molar-refractivity contribution in [3.05, 3.63) is 65.5 Å². The van der Waals surface area contributed by atoms with Gasteiger partial charge in [0.1, 0.15) is 5.82 Å². The maximum Gasteiger partial charge on any atom is 0.338 e. The molecule has 3 rings (SSSR count). The number of rotatable bonds is 6. The number of halogens is 1. The van der Waals surface area contributed by atoms with Crippen LogP contribution >= 0.6 is 0 Å². The average Bonchev–Trinajstić information content (AvgIpc) is 2.72. The molecule has 1 aliphatic carbocycles. The molecule has 0 bridgehead atoms. The van der Waals surface area contributed by atoms with E-state index in [-0.39, 0.29) is 24.4 Å². The van der Waals surface area contributed by atoms with Gasteiger partial charge in [-0.05, 0) is 54.8 Å². The molecular weight excluding hydrogens is 359 g/mol. The molecular formula is C22H25FN2O3. The van der Waals surface area contributed by atoms with Crippen molar-refractivity contribution in [2.75, 3.05) is 12.3 Å². The molecule has 0 radical (unpaired) electrons. The van der Waals surface area contributed by atoms with Crippen LogP contribution in [0.1, 0.15) is 48.0 Å². The summed E-state index contributed by atoms with van der Waals surface area (Å²) in [6.07, 6.45) is 5.17. The number of hydrogen-bond donors (Lipinski definition) is 1. The van der Waals surface area contributed by atoms with E-state index in [4.69, 9.17) is 10.5 Å². The van der Waals surface area contributed by atoms with E-state index in [0.29, 0.717) is 17.8 Å². The lowest BCUT2D eigenvalue weighted by Crippen LogP contribution is -2.43. The smallest absolute Gasteiger partial charge is 0.338 e. The van der Waals surface area contributed by atoms with E-state index in [9.17, 15) is 14.0 Å². The van der Waals surface area contributed by atoms with Crippen molar-refractivity contribution in [1.29, 1.82) is 0 Å². The van der Waals surface area contributed by atoms with Crippen LogP contribution in [-0.4, -0.2) is 29.4 Å². The molecule has 0 aliphatic heterocycles. The number of carbonyl (C=O) groups excluding carboxylic acids is 2. The second-order valence-corrected chi connectivity index (χ2v) is 7.14. The van der Waals surface area contributed by atoms with Gasteiger partial charge < -0.3 is 15.4 Å². The number of nitrogens with two attached hydrogens (primary N) is 1. The molecule has 2 aromatic carbocycles. The number of esters is 1. The number of amides is 1. The third-order valence-corrected chi connectivity index (χ3v) is 5.08. The van der Waals surface area contributed by atoms with Gasteiger partial charge in [-0.25, -0.2) is 9.18 Å². The lowest BCUT2D eigenvalue weighted by atomic mass is 9.93. The number of nitrogen functional groups attached to an aromatic ring is 1. The topological polar surface area (TPSA) is 72.6 Å². The van der Waals surface area contributed by atoms with E-state index in [1.807, 2.05) is 0 Å². The van der Waals surface area contributed by atoms with Gasteiger partial charge >= 0.3 is 5.97 Å². The Morgan fingerprint density at radius 2 is 1.64 bits per heavy atom. The molecule has 1 fully saturated rings. The molecule has 1 aliphatic rings. The Hall–Kier alpha value is -2.89. The van der Waals surface area contributed by atoms with Gasteiger partial charge in [-0.1, -0.05) is 31.4 Å². The van der Waals surface area contributed by atoms with Crippen LogP contribution in [0.25, 0.3) is 0 Å². The normalized spacial score (nSPS) is 14.5. The lowest BCUT2D eigenvalue weighted by Gasteiger charge is -2.34. The zero-order valence-electron chi connectivity index (χ0n) is 15.8. The average molecular weight is 384 g/mol. The molecule has 0 saturated heterocycles.